The molecular weight excluding hydrogens is 340 g/mol. The van der Waals surface area contributed by atoms with Crippen LogP contribution in [0.4, 0.5) is 0 Å². The maximum Gasteiger partial charge on any atom is 0.310 e. The molecular formula is C22H42N2O3. The van der Waals surface area contributed by atoms with Crippen molar-refractivity contribution in [1.29, 1.82) is 0 Å². The highest BCUT2D eigenvalue weighted by Crippen LogP contribution is 2.27. The summed E-state index contributed by atoms with van der Waals surface area (Å²) >= 11 is 0. The number of carbonyl (C=O) groups is 2. The summed E-state index contributed by atoms with van der Waals surface area (Å²) in [6.07, 6.45) is 10.2. The van der Waals surface area contributed by atoms with Crippen LogP contribution in [0, 0.1) is 11.8 Å². The number of ether oxygens (including phenoxy) is 1. The van der Waals surface area contributed by atoms with Gasteiger partial charge in [0.05, 0.1) is 13.0 Å². The Kier molecular flexibility index (Phi) is 12.4. The second-order valence-corrected chi connectivity index (χ2v) is 8.04. The van der Waals surface area contributed by atoms with Crippen molar-refractivity contribution in [2.45, 2.75) is 78.6 Å². The highest BCUT2D eigenvalue weighted by Gasteiger charge is 2.22. The number of hydrogen-bond acceptors (Lipinski definition) is 4. The average molecular weight is 383 g/mol. The minimum atomic E-state index is -0.267. The quantitative estimate of drug-likeness (QED) is 0.355. The van der Waals surface area contributed by atoms with E-state index < -0.39 is 0 Å². The van der Waals surface area contributed by atoms with Crippen LogP contribution in [0.3, 0.4) is 0 Å². The van der Waals surface area contributed by atoms with E-state index in [2.05, 4.69) is 18.7 Å². The summed E-state index contributed by atoms with van der Waals surface area (Å²) in [6.45, 7) is 10.6. The topological polar surface area (TPSA) is 49.9 Å². The molecule has 0 N–H and O–H groups in total. The van der Waals surface area contributed by atoms with Crippen LogP contribution in [0.25, 0.3) is 0 Å². The molecule has 5 heteroatoms. The fourth-order valence-electron chi connectivity index (χ4n) is 4.06. The second kappa shape index (κ2) is 14.0. The van der Waals surface area contributed by atoms with Gasteiger partial charge >= 0.3 is 5.97 Å². The van der Waals surface area contributed by atoms with Crippen molar-refractivity contribution in [2.24, 2.45) is 11.8 Å². The molecule has 1 rings (SSSR count). The van der Waals surface area contributed by atoms with Crippen molar-refractivity contribution in [3.8, 4) is 0 Å². The van der Waals surface area contributed by atoms with E-state index >= 15 is 0 Å². The number of nitrogens with zero attached hydrogens (tertiary/aromatic N) is 2. The Hall–Kier alpha value is -1.10. The Morgan fingerprint density at radius 2 is 1.67 bits per heavy atom. The lowest BCUT2D eigenvalue weighted by Gasteiger charge is -2.27. The molecule has 1 amide bonds. The van der Waals surface area contributed by atoms with E-state index in [0.29, 0.717) is 18.9 Å². The van der Waals surface area contributed by atoms with Crippen molar-refractivity contribution in [1.82, 2.24) is 9.80 Å². The molecule has 27 heavy (non-hydrogen) atoms. The van der Waals surface area contributed by atoms with Crippen LogP contribution in [0.5, 0.6) is 0 Å². The molecule has 0 aliphatic heterocycles. The van der Waals surface area contributed by atoms with Crippen molar-refractivity contribution < 1.29 is 14.3 Å². The normalized spacial score (nSPS) is 16.3. The second-order valence-electron chi connectivity index (χ2n) is 8.04. The molecule has 0 spiro atoms. The Labute approximate surface area is 166 Å². The molecule has 0 heterocycles. The molecule has 1 fully saturated rings. The monoisotopic (exact) mass is 382 g/mol. The van der Waals surface area contributed by atoms with Crippen molar-refractivity contribution in [3.63, 3.8) is 0 Å². The number of esters is 1. The number of unbranched alkanes of at least 4 members (excludes halogenated alkanes) is 1. The molecule has 0 aromatic heterocycles. The first kappa shape index (κ1) is 23.9. The van der Waals surface area contributed by atoms with Gasteiger partial charge in [0.25, 0.3) is 0 Å². The number of methoxy groups -OCH3 is 1. The summed E-state index contributed by atoms with van der Waals surface area (Å²) < 4.78 is 4.85. The summed E-state index contributed by atoms with van der Waals surface area (Å²) in [5.74, 6) is 0.420. The zero-order chi connectivity index (χ0) is 20.1. The third kappa shape index (κ3) is 9.59. The van der Waals surface area contributed by atoms with Gasteiger partial charge in [-0.1, -0.05) is 52.9 Å². The van der Waals surface area contributed by atoms with Gasteiger partial charge < -0.3 is 14.5 Å². The molecule has 0 aromatic rings. The summed E-state index contributed by atoms with van der Waals surface area (Å²) in [6, 6.07) is 0. The third-order valence-electron chi connectivity index (χ3n) is 5.99. The molecule has 158 valence electrons. The van der Waals surface area contributed by atoms with Crippen LogP contribution in [0.15, 0.2) is 0 Å². The molecule has 1 unspecified atom stereocenters. The lowest BCUT2D eigenvalue weighted by molar-refractivity contribution is -0.146. The Bertz CT molecular complexity index is 418. The van der Waals surface area contributed by atoms with Crippen LogP contribution in [0.2, 0.25) is 0 Å². The van der Waals surface area contributed by atoms with E-state index in [9.17, 15) is 9.59 Å². The van der Waals surface area contributed by atoms with E-state index in [1.54, 1.807) is 0 Å². The number of hydrogen-bond donors (Lipinski definition) is 0. The summed E-state index contributed by atoms with van der Waals surface area (Å²) in [7, 11) is 1.41. The SMILES string of the molecule is CCN(CC)CCCCN(CC(C)C(=O)OC)C(=O)CCC1CCCCC1. The van der Waals surface area contributed by atoms with Gasteiger partial charge in [-0.15, -0.1) is 0 Å². The van der Waals surface area contributed by atoms with Crippen molar-refractivity contribution >= 4 is 11.9 Å². The van der Waals surface area contributed by atoms with E-state index in [1.807, 2.05) is 11.8 Å². The van der Waals surface area contributed by atoms with Gasteiger partial charge in [-0.25, -0.2) is 0 Å². The minimum absolute atomic E-state index is 0.208. The van der Waals surface area contributed by atoms with Gasteiger partial charge in [0.2, 0.25) is 5.91 Å². The predicted octanol–water partition coefficient (Wildman–Crippen LogP) is 4.11. The Morgan fingerprint density at radius 3 is 2.26 bits per heavy atom. The molecule has 0 radical (unpaired) electrons. The van der Waals surface area contributed by atoms with Crippen LogP contribution < -0.4 is 0 Å². The number of amides is 1. The smallest absolute Gasteiger partial charge is 0.310 e. The molecule has 5 nitrogen and oxygen atoms in total. The lowest BCUT2D eigenvalue weighted by Crippen LogP contribution is -2.38. The summed E-state index contributed by atoms with van der Waals surface area (Å²) in [4.78, 5) is 29.0. The first-order valence-electron chi connectivity index (χ1n) is 11.1. The molecule has 0 saturated heterocycles. The van der Waals surface area contributed by atoms with E-state index in [0.717, 1.165) is 45.4 Å². The van der Waals surface area contributed by atoms with E-state index in [1.165, 1.54) is 39.2 Å². The Balaban J connectivity index is 2.49. The number of carbonyl (C=O) groups excluding carboxylic acids is 2. The standard InChI is InChI=1S/C22H42N2O3/c1-5-23(6-2)16-10-11-17-24(18-19(3)22(26)27-4)21(25)15-14-20-12-8-7-9-13-20/h19-20H,5-18H2,1-4H3. The van der Waals surface area contributed by atoms with Crippen molar-refractivity contribution in [3.05, 3.63) is 0 Å². The van der Waals surface area contributed by atoms with Gasteiger partial charge in [-0.05, 0) is 44.8 Å². The highest BCUT2D eigenvalue weighted by molar-refractivity contribution is 5.78. The van der Waals surface area contributed by atoms with Gasteiger partial charge in [-0.3, -0.25) is 9.59 Å². The zero-order valence-electron chi connectivity index (χ0n) is 18.2. The highest BCUT2D eigenvalue weighted by atomic mass is 16.5. The largest absolute Gasteiger partial charge is 0.469 e. The predicted molar refractivity (Wildman–Crippen MR) is 111 cm³/mol. The van der Waals surface area contributed by atoms with E-state index in [4.69, 9.17) is 4.74 Å². The third-order valence-corrected chi connectivity index (χ3v) is 5.99. The van der Waals surface area contributed by atoms with Crippen LogP contribution >= 0.6 is 0 Å². The molecule has 0 bridgehead atoms. The first-order valence-corrected chi connectivity index (χ1v) is 11.1. The molecule has 1 saturated carbocycles. The van der Waals surface area contributed by atoms with Gasteiger partial charge in [-0.2, -0.15) is 0 Å². The van der Waals surface area contributed by atoms with E-state index in [-0.39, 0.29) is 17.8 Å². The van der Waals surface area contributed by atoms with Crippen LogP contribution in [-0.2, 0) is 14.3 Å². The van der Waals surface area contributed by atoms with Gasteiger partial charge in [0, 0.05) is 19.5 Å². The van der Waals surface area contributed by atoms with Crippen molar-refractivity contribution in [2.75, 3.05) is 39.8 Å². The number of rotatable bonds is 13. The Morgan fingerprint density at radius 1 is 1.04 bits per heavy atom. The van der Waals surface area contributed by atoms with Crippen LogP contribution in [0.1, 0.15) is 78.6 Å². The minimum Gasteiger partial charge on any atom is -0.469 e. The van der Waals surface area contributed by atoms with Crippen LogP contribution in [-0.4, -0.2) is 61.5 Å². The van der Waals surface area contributed by atoms with Gasteiger partial charge in [0.15, 0.2) is 0 Å². The molecule has 1 atom stereocenters. The maximum absolute atomic E-state index is 12.8. The fraction of sp³-hybridized carbons (Fsp3) is 0.909. The molecule has 1 aliphatic carbocycles. The lowest BCUT2D eigenvalue weighted by atomic mass is 9.86. The van der Waals surface area contributed by atoms with Gasteiger partial charge in [0.1, 0.15) is 0 Å². The maximum atomic E-state index is 12.8. The molecule has 0 aromatic carbocycles. The zero-order valence-corrected chi connectivity index (χ0v) is 18.2. The average Bonchev–Trinajstić information content (AvgIpc) is 2.71. The first-order chi connectivity index (χ1) is 13.0. The fourth-order valence-corrected chi connectivity index (χ4v) is 4.06. The summed E-state index contributed by atoms with van der Waals surface area (Å²) in [5.41, 5.74) is 0. The summed E-state index contributed by atoms with van der Waals surface area (Å²) in [5, 5.41) is 0. The molecule has 1 aliphatic rings.